The highest BCUT2D eigenvalue weighted by atomic mass is 16.6. The fraction of sp³-hybridized carbons (Fsp3) is 0.769. The minimum Gasteiger partial charge on any atom is -0.467 e. The number of carbonyl (C=O) groups excluding carboxylic acids is 3. The molecule has 1 spiro atoms. The van der Waals surface area contributed by atoms with Gasteiger partial charge in [0, 0.05) is 0 Å². The molecule has 6 heteroatoms. The summed E-state index contributed by atoms with van der Waals surface area (Å²) in [5, 5.41) is 0. The van der Waals surface area contributed by atoms with Gasteiger partial charge in [-0.1, -0.05) is 0 Å². The molecule has 1 aliphatic carbocycles. The Morgan fingerprint density at radius 2 is 1.89 bits per heavy atom. The Morgan fingerprint density at radius 1 is 1.32 bits per heavy atom. The molecule has 1 aliphatic heterocycles. The lowest BCUT2D eigenvalue weighted by molar-refractivity contribution is -0.148. The second-order valence-electron chi connectivity index (χ2n) is 6.18. The number of nitrogens with zero attached hydrogens (tertiary/aromatic N) is 1. The SMILES string of the molecule is COC(=O)[C@@H]1CC2(CC2)C(=O)N1C(=O)OC(C)(C)C. The lowest BCUT2D eigenvalue weighted by atomic mass is 10.0. The van der Waals surface area contributed by atoms with Gasteiger partial charge in [-0.2, -0.15) is 0 Å². The van der Waals surface area contributed by atoms with E-state index < -0.39 is 29.1 Å². The molecule has 0 unspecified atom stereocenters. The lowest BCUT2D eigenvalue weighted by Gasteiger charge is -2.26. The van der Waals surface area contributed by atoms with Crippen LogP contribution in [0.15, 0.2) is 0 Å². The normalized spacial score (nSPS) is 24.5. The second kappa shape index (κ2) is 4.21. The number of rotatable bonds is 1. The van der Waals surface area contributed by atoms with Crippen LogP contribution < -0.4 is 0 Å². The van der Waals surface area contributed by atoms with Crippen LogP contribution in [0.1, 0.15) is 40.0 Å². The molecule has 0 bridgehead atoms. The number of esters is 1. The van der Waals surface area contributed by atoms with Gasteiger partial charge in [0.1, 0.15) is 11.6 Å². The number of likely N-dealkylation sites (tertiary alicyclic amines) is 1. The van der Waals surface area contributed by atoms with E-state index in [4.69, 9.17) is 4.74 Å². The Balaban J connectivity index is 2.21. The van der Waals surface area contributed by atoms with Gasteiger partial charge in [-0.25, -0.2) is 14.5 Å². The van der Waals surface area contributed by atoms with Crippen molar-refractivity contribution in [1.82, 2.24) is 4.90 Å². The van der Waals surface area contributed by atoms with Gasteiger partial charge in [0.05, 0.1) is 12.5 Å². The fourth-order valence-corrected chi connectivity index (χ4v) is 2.36. The summed E-state index contributed by atoms with van der Waals surface area (Å²) in [4.78, 5) is 37.0. The van der Waals surface area contributed by atoms with E-state index in [2.05, 4.69) is 4.74 Å². The molecule has 0 N–H and O–H groups in total. The van der Waals surface area contributed by atoms with Gasteiger partial charge in [-0.15, -0.1) is 0 Å². The lowest BCUT2D eigenvalue weighted by Crippen LogP contribution is -2.46. The second-order valence-corrected chi connectivity index (χ2v) is 6.18. The van der Waals surface area contributed by atoms with Crippen LogP contribution in [0.3, 0.4) is 0 Å². The summed E-state index contributed by atoms with van der Waals surface area (Å²) < 4.78 is 9.87. The molecular weight excluding hydrogens is 250 g/mol. The third kappa shape index (κ3) is 2.43. The summed E-state index contributed by atoms with van der Waals surface area (Å²) >= 11 is 0. The molecule has 2 amide bonds. The van der Waals surface area contributed by atoms with Crippen molar-refractivity contribution in [2.75, 3.05) is 7.11 Å². The number of methoxy groups -OCH3 is 1. The molecule has 2 aliphatic rings. The third-order valence-corrected chi connectivity index (χ3v) is 3.49. The molecule has 1 atom stereocenters. The molecule has 0 radical (unpaired) electrons. The molecule has 0 aromatic heterocycles. The van der Waals surface area contributed by atoms with Crippen LogP contribution in [-0.2, 0) is 19.1 Å². The van der Waals surface area contributed by atoms with Crippen molar-refractivity contribution in [1.29, 1.82) is 0 Å². The highest BCUT2D eigenvalue weighted by Crippen LogP contribution is 2.56. The smallest absolute Gasteiger partial charge is 0.417 e. The Bertz CT molecular complexity index is 433. The van der Waals surface area contributed by atoms with Gasteiger partial charge >= 0.3 is 12.1 Å². The summed E-state index contributed by atoms with van der Waals surface area (Å²) in [6.45, 7) is 5.14. The topological polar surface area (TPSA) is 72.9 Å². The zero-order valence-electron chi connectivity index (χ0n) is 11.7. The zero-order valence-corrected chi connectivity index (χ0v) is 11.7. The Morgan fingerprint density at radius 3 is 2.32 bits per heavy atom. The first-order valence-corrected chi connectivity index (χ1v) is 6.35. The number of imide groups is 1. The minimum absolute atomic E-state index is 0.308. The van der Waals surface area contributed by atoms with Gasteiger partial charge in [-0.05, 0) is 40.0 Å². The number of carbonyl (C=O) groups is 3. The van der Waals surface area contributed by atoms with E-state index in [1.54, 1.807) is 20.8 Å². The predicted octanol–water partition coefficient (Wildman–Crippen LogP) is 1.48. The van der Waals surface area contributed by atoms with Gasteiger partial charge in [-0.3, -0.25) is 4.79 Å². The summed E-state index contributed by atoms with van der Waals surface area (Å²) in [6, 6.07) is -0.852. The van der Waals surface area contributed by atoms with Crippen molar-refractivity contribution < 1.29 is 23.9 Å². The average molecular weight is 269 g/mol. The summed E-state index contributed by atoms with van der Waals surface area (Å²) in [5.41, 5.74) is -1.24. The largest absolute Gasteiger partial charge is 0.467 e. The standard InChI is InChI=1S/C13H19NO5/c1-12(2,3)19-11(17)14-8(9(15)18-4)7-13(5-6-13)10(14)16/h8H,5-7H2,1-4H3/t8-/m0/s1. The molecule has 1 saturated carbocycles. The third-order valence-electron chi connectivity index (χ3n) is 3.49. The molecular formula is C13H19NO5. The maximum Gasteiger partial charge on any atom is 0.417 e. The van der Waals surface area contributed by atoms with Gasteiger partial charge < -0.3 is 9.47 Å². The van der Waals surface area contributed by atoms with Crippen LogP contribution in [0.25, 0.3) is 0 Å². The van der Waals surface area contributed by atoms with E-state index in [1.165, 1.54) is 7.11 Å². The van der Waals surface area contributed by atoms with E-state index in [0.29, 0.717) is 6.42 Å². The molecule has 1 heterocycles. The van der Waals surface area contributed by atoms with E-state index in [9.17, 15) is 14.4 Å². The highest BCUT2D eigenvalue weighted by molar-refractivity contribution is 6.03. The first-order valence-electron chi connectivity index (χ1n) is 6.35. The first-order chi connectivity index (χ1) is 8.70. The van der Waals surface area contributed by atoms with Crippen LogP contribution in [0.2, 0.25) is 0 Å². The Labute approximate surface area is 112 Å². The molecule has 19 heavy (non-hydrogen) atoms. The maximum atomic E-state index is 12.3. The molecule has 0 aromatic rings. The monoisotopic (exact) mass is 269 g/mol. The average Bonchev–Trinajstić information content (AvgIpc) is 2.98. The summed E-state index contributed by atoms with van der Waals surface area (Å²) in [7, 11) is 1.25. The number of hydrogen-bond acceptors (Lipinski definition) is 5. The van der Waals surface area contributed by atoms with E-state index >= 15 is 0 Å². The summed E-state index contributed by atoms with van der Waals surface area (Å²) in [6.07, 6.45) is 1.02. The van der Waals surface area contributed by atoms with Crippen LogP contribution >= 0.6 is 0 Å². The van der Waals surface area contributed by atoms with Gasteiger partial charge in [0.25, 0.3) is 0 Å². The Kier molecular flexibility index (Phi) is 3.07. The van der Waals surface area contributed by atoms with Crippen molar-refractivity contribution >= 4 is 18.0 Å². The number of amides is 2. The highest BCUT2D eigenvalue weighted by Gasteiger charge is 2.63. The Hall–Kier alpha value is -1.59. The van der Waals surface area contributed by atoms with E-state index in [0.717, 1.165) is 17.7 Å². The fourth-order valence-electron chi connectivity index (χ4n) is 2.36. The molecule has 2 fully saturated rings. The van der Waals surface area contributed by atoms with E-state index in [1.807, 2.05) is 0 Å². The van der Waals surface area contributed by atoms with E-state index in [-0.39, 0.29) is 5.91 Å². The zero-order chi connectivity index (χ0) is 14.4. The molecule has 1 saturated heterocycles. The first kappa shape index (κ1) is 13.8. The molecule has 106 valence electrons. The summed E-state index contributed by atoms with van der Waals surface area (Å²) in [5.74, 6) is -0.875. The van der Waals surface area contributed by atoms with Gasteiger partial charge in [0.2, 0.25) is 5.91 Å². The minimum atomic E-state index is -0.852. The predicted molar refractivity (Wildman–Crippen MR) is 65.2 cm³/mol. The number of hydrogen-bond donors (Lipinski definition) is 0. The maximum absolute atomic E-state index is 12.3. The molecule has 6 nitrogen and oxygen atoms in total. The van der Waals surface area contributed by atoms with Crippen LogP contribution in [0, 0.1) is 5.41 Å². The van der Waals surface area contributed by atoms with Crippen LogP contribution in [0.5, 0.6) is 0 Å². The van der Waals surface area contributed by atoms with Crippen molar-refractivity contribution in [3.63, 3.8) is 0 Å². The van der Waals surface area contributed by atoms with Crippen molar-refractivity contribution in [3.8, 4) is 0 Å². The van der Waals surface area contributed by atoms with Crippen molar-refractivity contribution in [3.05, 3.63) is 0 Å². The quantitative estimate of drug-likeness (QED) is 0.674. The molecule has 0 aromatic carbocycles. The van der Waals surface area contributed by atoms with Crippen LogP contribution in [-0.4, -0.2) is 41.6 Å². The number of ether oxygens (including phenoxy) is 2. The van der Waals surface area contributed by atoms with Crippen molar-refractivity contribution in [2.45, 2.75) is 51.7 Å². The molecule has 2 rings (SSSR count). The van der Waals surface area contributed by atoms with Crippen LogP contribution in [0.4, 0.5) is 4.79 Å². The van der Waals surface area contributed by atoms with Gasteiger partial charge in [0.15, 0.2) is 0 Å². The van der Waals surface area contributed by atoms with Crippen molar-refractivity contribution in [2.24, 2.45) is 5.41 Å².